The van der Waals surface area contributed by atoms with Crippen LogP contribution >= 0.6 is 11.8 Å². The molecular formula is C17H23N3O2S. The van der Waals surface area contributed by atoms with Crippen LogP contribution in [0.5, 0.6) is 0 Å². The number of carbonyl (C=O) groups excluding carboxylic acids is 1. The predicted octanol–water partition coefficient (Wildman–Crippen LogP) is 3.86. The highest BCUT2D eigenvalue weighted by Crippen LogP contribution is 2.16. The molecule has 1 aromatic carbocycles. The third-order valence-electron chi connectivity index (χ3n) is 3.72. The molecule has 0 aliphatic rings. The first-order valence-electron chi connectivity index (χ1n) is 7.53. The van der Waals surface area contributed by atoms with Crippen molar-refractivity contribution in [2.45, 2.75) is 26.8 Å². The second kappa shape index (κ2) is 8.06. The summed E-state index contributed by atoms with van der Waals surface area (Å²) in [5.74, 6) is 1.85. The smallest absolute Gasteiger partial charge is 0.321 e. The first kappa shape index (κ1) is 17.4. The van der Waals surface area contributed by atoms with E-state index in [1.54, 1.807) is 11.9 Å². The zero-order chi connectivity index (χ0) is 16.8. The Morgan fingerprint density at radius 2 is 2.00 bits per heavy atom. The fraction of sp³-hybridized carbons (Fsp3) is 0.412. The van der Waals surface area contributed by atoms with Crippen LogP contribution in [0.25, 0.3) is 0 Å². The summed E-state index contributed by atoms with van der Waals surface area (Å²) >= 11 is 1.83. The monoisotopic (exact) mass is 333 g/mol. The Balaban J connectivity index is 1.93. The minimum Gasteiger partial charge on any atom is -0.361 e. The topological polar surface area (TPSA) is 58.4 Å². The van der Waals surface area contributed by atoms with E-state index < -0.39 is 0 Å². The van der Waals surface area contributed by atoms with E-state index in [2.05, 4.69) is 28.9 Å². The SMILES string of the molecule is CSCCc1ccc(NC(=O)N(C)Cc2c(C)noc2C)cc1. The number of rotatable bonds is 6. The van der Waals surface area contributed by atoms with Crippen LogP contribution in [0.1, 0.15) is 22.6 Å². The molecule has 0 bridgehead atoms. The maximum atomic E-state index is 12.3. The second-order valence-electron chi connectivity index (χ2n) is 5.53. The van der Waals surface area contributed by atoms with Crippen LogP contribution in [0, 0.1) is 13.8 Å². The molecule has 0 atom stereocenters. The zero-order valence-electron chi connectivity index (χ0n) is 14.0. The lowest BCUT2D eigenvalue weighted by Crippen LogP contribution is -2.31. The molecule has 0 aliphatic carbocycles. The van der Waals surface area contributed by atoms with Crippen LogP contribution in [-0.4, -0.2) is 35.1 Å². The lowest BCUT2D eigenvalue weighted by molar-refractivity contribution is 0.220. The van der Waals surface area contributed by atoms with Crippen LogP contribution < -0.4 is 5.32 Å². The lowest BCUT2D eigenvalue weighted by atomic mass is 10.1. The number of thioether (sulfide) groups is 1. The quantitative estimate of drug-likeness (QED) is 0.872. The van der Waals surface area contributed by atoms with Gasteiger partial charge in [-0.2, -0.15) is 11.8 Å². The number of amides is 2. The molecule has 1 aromatic heterocycles. The van der Waals surface area contributed by atoms with Gasteiger partial charge in [-0.1, -0.05) is 17.3 Å². The summed E-state index contributed by atoms with van der Waals surface area (Å²) in [5, 5.41) is 6.82. The predicted molar refractivity (Wildman–Crippen MR) is 95.0 cm³/mol. The van der Waals surface area contributed by atoms with Crippen molar-refractivity contribution < 1.29 is 9.32 Å². The van der Waals surface area contributed by atoms with Gasteiger partial charge in [-0.3, -0.25) is 0 Å². The molecule has 0 spiro atoms. The highest BCUT2D eigenvalue weighted by Gasteiger charge is 2.15. The number of aromatic nitrogens is 1. The molecule has 23 heavy (non-hydrogen) atoms. The van der Waals surface area contributed by atoms with E-state index in [4.69, 9.17) is 4.52 Å². The van der Waals surface area contributed by atoms with Gasteiger partial charge < -0.3 is 14.7 Å². The van der Waals surface area contributed by atoms with Gasteiger partial charge in [0.15, 0.2) is 0 Å². The summed E-state index contributed by atoms with van der Waals surface area (Å²) < 4.78 is 5.13. The Bertz CT molecular complexity index is 633. The molecule has 2 amide bonds. The van der Waals surface area contributed by atoms with Crippen molar-refractivity contribution in [2.24, 2.45) is 0 Å². The number of hydrogen-bond donors (Lipinski definition) is 1. The number of urea groups is 1. The third kappa shape index (κ3) is 4.76. The summed E-state index contributed by atoms with van der Waals surface area (Å²) in [6, 6.07) is 7.84. The number of hydrogen-bond acceptors (Lipinski definition) is 4. The lowest BCUT2D eigenvalue weighted by Gasteiger charge is -2.18. The number of benzene rings is 1. The molecular weight excluding hydrogens is 310 g/mol. The van der Waals surface area contributed by atoms with Crippen LogP contribution in [-0.2, 0) is 13.0 Å². The van der Waals surface area contributed by atoms with E-state index in [1.165, 1.54) is 5.56 Å². The molecule has 0 fully saturated rings. The Morgan fingerprint density at radius 1 is 1.30 bits per heavy atom. The maximum Gasteiger partial charge on any atom is 0.321 e. The summed E-state index contributed by atoms with van der Waals surface area (Å²) in [6.45, 7) is 4.21. The Labute approximate surface area is 141 Å². The minimum atomic E-state index is -0.151. The third-order valence-corrected chi connectivity index (χ3v) is 4.34. The van der Waals surface area contributed by atoms with Gasteiger partial charge in [-0.15, -0.1) is 0 Å². The van der Waals surface area contributed by atoms with E-state index in [1.807, 2.05) is 37.7 Å². The van der Waals surface area contributed by atoms with Gasteiger partial charge in [-0.25, -0.2) is 4.79 Å². The van der Waals surface area contributed by atoms with Crippen molar-refractivity contribution in [2.75, 3.05) is 24.4 Å². The van der Waals surface area contributed by atoms with Gasteiger partial charge in [0, 0.05) is 18.3 Å². The van der Waals surface area contributed by atoms with Gasteiger partial charge in [0.2, 0.25) is 0 Å². The summed E-state index contributed by atoms with van der Waals surface area (Å²) in [5.41, 5.74) is 3.85. The average molecular weight is 333 g/mol. The van der Waals surface area contributed by atoms with Crippen molar-refractivity contribution >= 4 is 23.5 Å². The number of anilines is 1. The Morgan fingerprint density at radius 3 is 2.57 bits per heavy atom. The molecule has 0 aliphatic heterocycles. The van der Waals surface area contributed by atoms with Gasteiger partial charge >= 0.3 is 6.03 Å². The number of nitrogens with zero attached hydrogens (tertiary/aromatic N) is 2. The molecule has 2 aromatic rings. The normalized spacial score (nSPS) is 10.6. The van der Waals surface area contributed by atoms with Gasteiger partial charge in [-0.05, 0) is 50.0 Å². The largest absolute Gasteiger partial charge is 0.361 e. The molecule has 0 radical (unpaired) electrons. The molecule has 2 rings (SSSR count). The maximum absolute atomic E-state index is 12.3. The number of aryl methyl sites for hydroxylation is 3. The van der Waals surface area contributed by atoms with Crippen LogP contribution in [0.2, 0.25) is 0 Å². The van der Waals surface area contributed by atoms with Crippen molar-refractivity contribution in [1.29, 1.82) is 0 Å². The van der Waals surface area contributed by atoms with Crippen molar-refractivity contribution in [3.05, 3.63) is 46.8 Å². The molecule has 6 heteroatoms. The van der Waals surface area contributed by atoms with Crippen LogP contribution in [0.4, 0.5) is 10.5 Å². The Hall–Kier alpha value is -1.95. The summed E-state index contributed by atoms with van der Waals surface area (Å²) in [7, 11) is 1.76. The van der Waals surface area contributed by atoms with E-state index in [0.717, 1.165) is 34.9 Å². The van der Waals surface area contributed by atoms with E-state index >= 15 is 0 Å². The molecule has 1 heterocycles. The van der Waals surface area contributed by atoms with Crippen LogP contribution in [0.15, 0.2) is 28.8 Å². The van der Waals surface area contributed by atoms with Gasteiger partial charge in [0.25, 0.3) is 0 Å². The first-order valence-corrected chi connectivity index (χ1v) is 8.92. The minimum absolute atomic E-state index is 0.151. The van der Waals surface area contributed by atoms with Gasteiger partial charge in [0.1, 0.15) is 5.76 Å². The first-order chi connectivity index (χ1) is 11.0. The summed E-state index contributed by atoms with van der Waals surface area (Å²) in [6.07, 6.45) is 3.14. The highest BCUT2D eigenvalue weighted by molar-refractivity contribution is 7.98. The van der Waals surface area contributed by atoms with Crippen molar-refractivity contribution in [3.8, 4) is 0 Å². The molecule has 5 nitrogen and oxygen atoms in total. The number of nitrogens with one attached hydrogen (secondary N) is 1. The summed E-state index contributed by atoms with van der Waals surface area (Å²) in [4.78, 5) is 13.9. The fourth-order valence-corrected chi connectivity index (χ4v) is 2.67. The molecule has 0 saturated heterocycles. The van der Waals surface area contributed by atoms with Crippen LogP contribution in [0.3, 0.4) is 0 Å². The van der Waals surface area contributed by atoms with E-state index in [-0.39, 0.29) is 6.03 Å². The second-order valence-corrected chi connectivity index (χ2v) is 6.51. The Kier molecular flexibility index (Phi) is 6.10. The zero-order valence-corrected chi connectivity index (χ0v) is 14.9. The molecule has 1 N–H and O–H groups in total. The average Bonchev–Trinajstić information content (AvgIpc) is 2.86. The molecule has 124 valence electrons. The molecule has 0 saturated carbocycles. The number of carbonyl (C=O) groups is 1. The van der Waals surface area contributed by atoms with E-state index in [0.29, 0.717) is 6.54 Å². The van der Waals surface area contributed by atoms with Crippen molar-refractivity contribution in [3.63, 3.8) is 0 Å². The van der Waals surface area contributed by atoms with E-state index in [9.17, 15) is 4.79 Å². The fourth-order valence-electron chi connectivity index (χ4n) is 2.23. The van der Waals surface area contributed by atoms with Crippen molar-refractivity contribution in [1.82, 2.24) is 10.1 Å². The highest BCUT2D eigenvalue weighted by atomic mass is 32.2. The standard InChI is InChI=1S/C17H23N3O2S/c1-12-16(13(2)22-19-12)11-20(3)17(21)18-15-7-5-14(6-8-15)9-10-23-4/h5-8H,9-11H2,1-4H3,(H,18,21). The van der Waals surface area contributed by atoms with Gasteiger partial charge in [0.05, 0.1) is 12.2 Å². The molecule has 0 unspecified atom stereocenters.